The second kappa shape index (κ2) is 5.13. The third-order valence-corrected chi connectivity index (χ3v) is 3.06. The first kappa shape index (κ1) is 10.4. The molecule has 2 rings (SSSR count). The van der Waals surface area contributed by atoms with Crippen molar-refractivity contribution in [2.24, 2.45) is 0 Å². The second-order valence-corrected chi connectivity index (χ2v) is 4.22. The molecule has 2 atom stereocenters. The third-order valence-electron chi connectivity index (χ3n) is 3.06. The molecule has 1 aromatic carbocycles. The lowest BCUT2D eigenvalue weighted by Gasteiger charge is -2.22. The predicted molar refractivity (Wildman–Crippen MR) is 62.8 cm³/mol. The lowest BCUT2D eigenvalue weighted by Crippen LogP contribution is -2.17. The molecule has 0 aliphatic heterocycles. The normalized spacial score (nSPS) is 29.1. The third kappa shape index (κ3) is 2.69. The minimum atomic E-state index is -0.219. The first-order valence-electron chi connectivity index (χ1n) is 5.77. The average Bonchev–Trinajstić information content (AvgIpc) is 2.25. The molecule has 0 amide bonds. The summed E-state index contributed by atoms with van der Waals surface area (Å²) in [6, 6.07) is 10.3. The Bertz CT molecular complexity index is 315. The Hall–Kier alpha value is -1.08. The van der Waals surface area contributed by atoms with Crippen molar-refractivity contribution >= 4 is 0 Å². The molecule has 0 heterocycles. The van der Waals surface area contributed by atoms with Gasteiger partial charge in [-0.2, -0.15) is 0 Å². The molecule has 1 heteroatoms. The fourth-order valence-corrected chi connectivity index (χ4v) is 2.17. The van der Waals surface area contributed by atoms with E-state index in [0.717, 1.165) is 19.3 Å². The maximum absolute atomic E-state index is 10.1. The molecule has 1 aromatic rings. The van der Waals surface area contributed by atoms with Crippen LogP contribution in [0.1, 0.15) is 37.2 Å². The Kier molecular flexibility index (Phi) is 3.57. The van der Waals surface area contributed by atoms with Gasteiger partial charge in [0.15, 0.2) is 0 Å². The minimum absolute atomic E-state index is 0.187. The van der Waals surface area contributed by atoms with Crippen molar-refractivity contribution in [1.29, 1.82) is 0 Å². The Morgan fingerprint density at radius 3 is 2.67 bits per heavy atom. The first-order chi connectivity index (χ1) is 7.38. The molecule has 1 aliphatic carbocycles. The standard InChI is InChI=1S/C14H18O/c15-14-11-7-2-1-6-10-13(14)12-8-4-3-5-9-12/h3-6,8-10,13-15H,1-2,7,11H2/b10-6-/t13-,14-/m0/s1. The summed E-state index contributed by atoms with van der Waals surface area (Å²) in [5, 5.41) is 10.1. The summed E-state index contributed by atoms with van der Waals surface area (Å²) in [6.07, 6.45) is 8.56. The van der Waals surface area contributed by atoms with Crippen LogP contribution in [0.15, 0.2) is 42.5 Å². The molecule has 15 heavy (non-hydrogen) atoms. The van der Waals surface area contributed by atoms with Crippen molar-refractivity contribution in [2.45, 2.75) is 37.7 Å². The summed E-state index contributed by atoms with van der Waals surface area (Å²) in [7, 11) is 0. The zero-order valence-corrected chi connectivity index (χ0v) is 8.97. The van der Waals surface area contributed by atoms with Crippen LogP contribution in [0.4, 0.5) is 0 Å². The largest absolute Gasteiger partial charge is 0.392 e. The number of aliphatic hydroxyl groups excluding tert-OH is 1. The van der Waals surface area contributed by atoms with Gasteiger partial charge in [0.25, 0.3) is 0 Å². The van der Waals surface area contributed by atoms with Crippen LogP contribution in [0.3, 0.4) is 0 Å². The summed E-state index contributed by atoms with van der Waals surface area (Å²) < 4.78 is 0. The summed E-state index contributed by atoms with van der Waals surface area (Å²) in [5.74, 6) is 0.187. The molecule has 80 valence electrons. The molecule has 1 N–H and O–H groups in total. The lowest BCUT2D eigenvalue weighted by atomic mass is 9.88. The maximum Gasteiger partial charge on any atom is 0.0643 e. The Morgan fingerprint density at radius 1 is 1.07 bits per heavy atom. The van der Waals surface area contributed by atoms with Gasteiger partial charge in [-0.25, -0.2) is 0 Å². The highest BCUT2D eigenvalue weighted by Gasteiger charge is 2.18. The molecule has 0 saturated heterocycles. The smallest absolute Gasteiger partial charge is 0.0643 e. The lowest BCUT2D eigenvalue weighted by molar-refractivity contribution is 0.144. The number of benzene rings is 1. The van der Waals surface area contributed by atoms with E-state index in [-0.39, 0.29) is 12.0 Å². The molecule has 0 unspecified atom stereocenters. The molecule has 0 spiro atoms. The van der Waals surface area contributed by atoms with Crippen LogP contribution < -0.4 is 0 Å². The highest BCUT2D eigenvalue weighted by Crippen LogP contribution is 2.26. The van der Waals surface area contributed by atoms with Gasteiger partial charge in [-0.3, -0.25) is 0 Å². The van der Waals surface area contributed by atoms with E-state index in [1.165, 1.54) is 12.0 Å². The van der Waals surface area contributed by atoms with Crippen molar-refractivity contribution in [1.82, 2.24) is 0 Å². The Morgan fingerprint density at radius 2 is 1.87 bits per heavy atom. The first-order valence-corrected chi connectivity index (χ1v) is 5.77. The van der Waals surface area contributed by atoms with Crippen LogP contribution >= 0.6 is 0 Å². The van der Waals surface area contributed by atoms with E-state index in [1.807, 2.05) is 18.2 Å². The zero-order valence-electron chi connectivity index (χ0n) is 8.97. The van der Waals surface area contributed by atoms with E-state index in [2.05, 4.69) is 24.3 Å². The average molecular weight is 202 g/mol. The summed E-state index contributed by atoms with van der Waals surface area (Å²) in [5.41, 5.74) is 1.23. The molecule has 1 nitrogen and oxygen atoms in total. The summed E-state index contributed by atoms with van der Waals surface area (Å²) in [6.45, 7) is 0. The van der Waals surface area contributed by atoms with E-state index in [1.54, 1.807) is 0 Å². The van der Waals surface area contributed by atoms with E-state index >= 15 is 0 Å². The molecule has 1 aliphatic rings. The molecule has 0 radical (unpaired) electrons. The van der Waals surface area contributed by atoms with Crippen molar-refractivity contribution in [3.8, 4) is 0 Å². The van der Waals surface area contributed by atoms with Gasteiger partial charge in [0.1, 0.15) is 0 Å². The van der Waals surface area contributed by atoms with E-state index < -0.39 is 0 Å². The van der Waals surface area contributed by atoms with Crippen LogP contribution in [-0.2, 0) is 0 Å². The maximum atomic E-state index is 10.1. The Balaban J connectivity index is 2.20. The van der Waals surface area contributed by atoms with Crippen LogP contribution in [0.5, 0.6) is 0 Å². The van der Waals surface area contributed by atoms with Gasteiger partial charge in [-0.15, -0.1) is 0 Å². The topological polar surface area (TPSA) is 20.2 Å². The summed E-state index contributed by atoms with van der Waals surface area (Å²) in [4.78, 5) is 0. The van der Waals surface area contributed by atoms with Gasteiger partial charge >= 0.3 is 0 Å². The zero-order chi connectivity index (χ0) is 10.5. The fourth-order valence-electron chi connectivity index (χ4n) is 2.17. The van der Waals surface area contributed by atoms with Crippen molar-refractivity contribution in [2.75, 3.05) is 0 Å². The van der Waals surface area contributed by atoms with Gasteiger partial charge in [0, 0.05) is 5.92 Å². The quantitative estimate of drug-likeness (QED) is 0.693. The van der Waals surface area contributed by atoms with Gasteiger partial charge in [-0.1, -0.05) is 48.9 Å². The van der Waals surface area contributed by atoms with Crippen LogP contribution in [0.2, 0.25) is 0 Å². The number of aliphatic hydroxyl groups is 1. The van der Waals surface area contributed by atoms with Gasteiger partial charge in [0.05, 0.1) is 6.10 Å². The van der Waals surface area contributed by atoms with Crippen molar-refractivity contribution < 1.29 is 5.11 Å². The minimum Gasteiger partial charge on any atom is -0.392 e. The number of allylic oxidation sites excluding steroid dienone is 1. The van der Waals surface area contributed by atoms with Gasteiger partial charge < -0.3 is 5.11 Å². The highest BCUT2D eigenvalue weighted by molar-refractivity contribution is 5.25. The molecular formula is C14H18O. The number of hydrogen-bond donors (Lipinski definition) is 1. The predicted octanol–water partition coefficient (Wildman–Crippen LogP) is 3.26. The van der Waals surface area contributed by atoms with Gasteiger partial charge in [-0.05, 0) is 24.8 Å². The van der Waals surface area contributed by atoms with Crippen LogP contribution in [0, 0.1) is 0 Å². The molecule has 0 fully saturated rings. The molecule has 0 aromatic heterocycles. The second-order valence-electron chi connectivity index (χ2n) is 4.22. The monoisotopic (exact) mass is 202 g/mol. The Labute approximate surface area is 91.4 Å². The molecule has 0 saturated carbocycles. The summed E-state index contributed by atoms with van der Waals surface area (Å²) >= 11 is 0. The SMILES string of the molecule is O[C@H]1CCCC/C=C\[C@H]1c1ccccc1. The fraction of sp³-hybridized carbons (Fsp3) is 0.429. The van der Waals surface area contributed by atoms with E-state index in [4.69, 9.17) is 0 Å². The van der Waals surface area contributed by atoms with Crippen molar-refractivity contribution in [3.63, 3.8) is 0 Å². The number of hydrogen-bond acceptors (Lipinski definition) is 1. The van der Waals surface area contributed by atoms with E-state index in [0.29, 0.717) is 0 Å². The van der Waals surface area contributed by atoms with Crippen LogP contribution in [0.25, 0.3) is 0 Å². The van der Waals surface area contributed by atoms with Gasteiger partial charge in [0.2, 0.25) is 0 Å². The number of rotatable bonds is 1. The van der Waals surface area contributed by atoms with Crippen molar-refractivity contribution in [3.05, 3.63) is 48.0 Å². The highest BCUT2D eigenvalue weighted by atomic mass is 16.3. The van der Waals surface area contributed by atoms with E-state index in [9.17, 15) is 5.11 Å². The molecular weight excluding hydrogens is 184 g/mol. The van der Waals surface area contributed by atoms with Crippen LogP contribution in [-0.4, -0.2) is 11.2 Å². The molecule has 0 bridgehead atoms.